The number of amides is 2. The molecule has 2 amide bonds. The molecule has 5 rings (SSSR count). The maximum Gasteiger partial charge on any atom is 0.256 e. The summed E-state index contributed by atoms with van der Waals surface area (Å²) < 4.78 is 8.27. The first kappa shape index (κ1) is 30.3. The van der Waals surface area contributed by atoms with Crippen LogP contribution in [0.25, 0.3) is 33.4 Å². The van der Waals surface area contributed by atoms with Crippen molar-refractivity contribution < 1.29 is 14.3 Å². The molecule has 0 aliphatic rings. The number of nitrogens with one attached hydrogen (secondary N) is 3. The molecular weight excluding hydrogens is 577 g/mol. The summed E-state index contributed by atoms with van der Waals surface area (Å²) in [5, 5.41) is 7.54. The number of carbonyl (C=O) groups is 2. The minimum Gasteiger partial charge on any atom is -0.361 e. The number of hydrogen-bond acceptors (Lipinski definition) is 6. The number of aromatic amines is 1. The second kappa shape index (κ2) is 13.0. The molecule has 0 spiro atoms. The quantitative estimate of drug-likeness (QED) is 0.0817. The highest BCUT2D eigenvalue weighted by atomic mass is 32.2. The van der Waals surface area contributed by atoms with Crippen LogP contribution in [0.3, 0.4) is 0 Å². The molecule has 0 fully saturated rings. The van der Waals surface area contributed by atoms with Gasteiger partial charge in [-0.25, -0.2) is 9.97 Å². The highest BCUT2D eigenvalue weighted by molar-refractivity contribution is 7.98. The predicted octanol–water partition coefficient (Wildman–Crippen LogP) is 7.34. The summed E-state index contributed by atoms with van der Waals surface area (Å²) >= 11 is 1.52. The van der Waals surface area contributed by atoms with E-state index in [0.717, 1.165) is 38.9 Å². The molecular formula is C32H36N6O3SSi. The van der Waals surface area contributed by atoms with Gasteiger partial charge in [0, 0.05) is 61.6 Å². The Morgan fingerprint density at radius 3 is 2.63 bits per heavy atom. The Morgan fingerprint density at radius 2 is 1.86 bits per heavy atom. The standard InChI is InChI=1S/C32H36N6O3SSi/c1-21(39)35-28-19-22(13-15-34-28)30-29(37-32(42-2)38(30)20-41-17-18-43(3,4)5)25-9-6-7-11-27(25)36-31(40)24-10-8-12-26-23(24)14-16-33-26/h6-16,19,33H,17-18,20H2,1-5H3,(H,36,40)(H,34,35,39). The first-order valence-electron chi connectivity index (χ1n) is 14.1. The normalized spacial score (nSPS) is 11.6. The van der Waals surface area contributed by atoms with Crippen LogP contribution in [0, 0.1) is 0 Å². The summed E-state index contributed by atoms with van der Waals surface area (Å²) in [6.07, 6.45) is 5.47. The molecule has 2 aromatic carbocycles. The minimum atomic E-state index is -1.28. The van der Waals surface area contributed by atoms with E-state index in [1.54, 1.807) is 6.20 Å². The molecule has 0 atom stereocenters. The smallest absolute Gasteiger partial charge is 0.256 e. The number of anilines is 2. The number of nitrogens with zero attached hydrogens (tertiary/aromatic N) is 3. The van der Waals surface area contributed by atoms with Gasteiger partial charge in [0.25, 0.3) is 5.91 Å². The highest BCUT2D eigenvalue weighted by Gasteiger charge is 2.24. The van der Waals surface area contributed by atoms with E-state index in [9.17, 15) is 9.59 Å². The largest absolute Gasteiger partial charge is 0.361 e. The van der Waals surface area contributed by atoms with Crippen LogP contribution in [-0.2, 0) is 16.3 Å². The number of ether oxygens (including phenoxy) is 1. The number of carbonyl (C=O) groups excluding carboxylic acids is 2. The van der Waals surface area contributed by atoms with E-state index in [0.29, 0.717) is 36.1 Å². The Morgan fingerprint density at radius 1 is 1.05 bits per heavy atom. The molecule has 0 aliphatic carbocycles. The summed E-state index contributed by atoms with van der Waals surface area (Å²) in [5.41, 5.74) is 5.18. The number of fused-ring (bicyclic) bond motifs is 1. The maximum atomic E-state index is 13.6. The summed E-state index contributed by atoms with van der Waals surface area (Å²) in [5.74, 6) is 0.0221. The van der Waals surface area contributed by atoms with Crippen molar-refractivity contribution in [1.29, 1.82) is 0 Å². The van der Waals surface area contributed by atoms with Gasteiger partial charge in [-0.2, -0.15) is 0 Å². The molecule has 5 aromatic rings. The Balaban J connectivity index is 1.59. The third-order valence-electron chi connectivity index (χ3n) is 6.94. The first-order valence-corrected chi connectivity index (χ1v) is 19.0. The average Bonchev–Trinajstić information content (AvgIpc) is 3.59. The zero-order chi connectivity index (χ0) is 30.6. The van der Waals surface area contributed by atoms with Crippen LogP contribution in [0.4, 0.5) is 11.5 Å². The van der Waals surface area contributed by atoms with E-state index < -0.39 is 8.07 Å². The highest BCUT2D eigenvalue weighted by Crippen LogP contribution is 2.39. The van der Waals surface area contributed by atoms with Gasteiger partial charge in [-0.15, -0.1) is 0 Å². The van der Waals surface area contributed by atoms with E-state index in [-0.39, 0.29) is 11.8 Å². The molecule has 0 aliphatic heterocycles. The molecule has 0 unspecified atom stereocenters. The van der Waals surface area contributed by atoms with Crippen LogP contribution in [0.2, 0.25) is 25.7 Å². The molecule has 9 nitrogen and oxygen atoms in total. The average molecular weight is 613 g/mol. The van der Waals surface area contributed by atoms with Crippen LogP contribution < -0.4 is 10.6 Å². The van der Waals surface area contributed by atoms with Crippen molar-refractivity contribution in [3.8, 4) is 22.5 Å². The van der Waals surface area contributed by atoms with E-state index in [1.807, 2.05) is 73.1 Å². The Hall–Kier alpha value is -4.19. The number of aromatic nitrogens is 4. The van der Waals surface area contributed by atoms with E-state index in [2.05, 4.69) is 44.8 Å². The van der Waals surface area contributed by atoms with Gasteiger partial charge in [-0.05, 0) is 48.7 Å². The molecule has 3 heterocycles. The molecule has 43 heavy (non-hydrogen) atoms. The fourth-order valence-electron chi connectivity index (χ4n) is 4.82. The number of para-hydroxylation sites is 1. The second-order valence-corrected chi connectivity index (χ2v) is 17.8. The second-order valence-electron chi connectivity index (χ2n) is 11.4. The van der Waals surface area contributed by atoms with Crippen molar-refractivity contribution in [2.24, 2.45) is 0 Å². The SMILES string of the molecule is CSc1nc(-c2ccccc2NC(=O)c2cccc3[nH]ccc23)c(-c2ccnc(NC(C)=O)c2)n1COCC[Si](C)(C)C. The topological polar surface area (TPSA) is 114 Å². The molecule has 3 aromatic heterocycles. The van der Waals surface area contributed by atoms with Crippen molar-refractivity contribution >= 4 is 54.1 Å². The monoisotopic (exact) mass is 612 g/mol. The summed E-state index contributed by atoms with van der Waals surface area (Å²) in [6, 6.07) is 19.9. The molecule has 0 saturated heterocycles. The first-order chi connectivity index (χ1) is 20.6. The van der Waals surface area contributed by atoms with Gasteiger partial charge in [0.05, 0.1) is 17.1 Å². The van der Waals surface area contributed by atoms with Gasteiger partial charge in [0.2, 0.25) is 5.91 Å². The number of pyridine rings is 1. The molecule has 222 valence electrons. The van der Waals surface area contributed by atoms with Crippen molar-refractivity contribution in [1.82, 2.24) is 19.5 Å². The van der Waals surface area contributed by atoms with Gasteiger partial charge in [-0.1, -0.05) is 55.7 Å². The van der Waals surface area contributed by atoms with Gasteiger partial charge >= 0.3 is 0 Å². The number of hydrogen-bond donors (Lipinski definition) is 3. The van der Waals surface area contributed by atoms with Gasteiger partial charge in [-0.3, -0.25) is 14.2 Å². The van der Waals surface area contributed by atoms with Gasteiger partial charge in [0.1, 0.15) is 12.5 Å². The van der Waals surface area contributed by atoms with Crippen LogP contribution in [0.15, 0.2) is 78.2 Å². The fraction of sp³-hybridized carbons (Fsp3) is 0.250. The Labute approximate surface area is 256 Å². The van der Waals surface area contributed by atoms with Crippen LogP contribution in [-0.4, -0.2) is 52.3 Å². The minimum absolute atomic E-state index is 0.205. The Kier molecular flexibility index (Phi) is 9.14. The number of H-pyrrole nitrogens is 1. The van der Waals surface area contributed by atoms with Crippen molar-refractivity contribution in [3.05, 3.63) is 78.6 Å². The molecule has 3 N–H and O–H groups in total. The number of benzene rings is 2. The lowest BCUT2D eigenvalue weighted by atomic mass is 10.0. The number of thioether (sulfide) groups is 1. The van der Waals surface area contributed by atoms with E-state index >= 15 is 0 Å². The zero-order valence-electron chi connectivity index (χ0n) is 25.0. The summed E-state index contributed by atoms with van der Waals surface area (Å²) in [4.78, 5) is 38.0. The number of rotatable bonds is 11. The van der Waals surface area contributed by atoms with Crippen molar-refractivity contribution in [3.63, 3.8) is 0 Å². The third kappa shape index (κ3) is 7.07. The van der Waals surface area contributed by atoms with E-state index in [1.165, 1.54) is 18.7 Å². The van der Waals surface area contributed by atoms with Crippen LogP contribution in [0.1, 0.15) is 17.3 Å². The molecule has 0 bridgehead atoms. The van der Waals surface area contributed by atoms with Crippen molar-refractivity contribution in [2.75, 3.05) is 23.5 Å². The Bertz CT molecular complexity index is 1770. The van der Waals surface area contributed by atoms with Gasteiger partial charge < -0.3 is 20.4 Å². The maximum absolute atomic E-state index is 13.6. The van der Waals surface area contributed by atoms with Gasteiger partial charge in [0.15, 0.2) is 5.16 Å². The predicted molar refractivity (Wildman–Crippen MR) is 177 cm³/mol. The fourth-order valence-corrected chi connectivity index (χ4v) is 6.12. The molecule has 0 saturated carbocycles. The number of imidazole rings is 1. The lowest BCUT2D eigenvalue weighted by Gasteiger charge is -2.18. The van der Waals surface area contributed by atoms with Crippen molar-refractivity contribution in [2.45, 2.75) is 44.5 Å². The van der Waals surface area contributed by atoms with Crippen LogP contribution >= 0.6 is 11.8 Å². The zero-order valence-corrected chi connectivity index (χ0v) is 26.8. The summed E-state index contributed by atoms with van der Waals surface area (Å²) in [6.45, 7) is 9.40. The lowest BCUT2D eigenvalue weighted by molar-refractivity contribution is -0.114. The molecule has 0 radical (unpaired) electrons. The van der Waals surface area contributed by atoms with Crippen LogP contribution in [0.5, 0.6) is 0 Å². The lowest BCUT2D eigenvalue weighted by Crippen LogP contribution is -2.22. The van der Waals surface area contributed by atoms with E-state index in [4.69, 9.17) is 9.72 Å². The summed E-state index contributed by atoms with van der Waals surface area (Å²) in [7, 11) is -1.28. The molecule has 11 heteroatoms. The third-order valence-corrected chi connectivity index (χ3v) is 9.32.